The first-order valence-corrected chi connectivity index (χ1v) is 6.69. The predicted molar refractivity (Wildman–Crippen MR) is 74.1 cm³/mol. The number of aromatic nitrogens is 1. The lowest BCUT2D eigenvalue weighted by atomic mass is 10.1. The number of pyridine rings is 1. The first kappa shape index (κ1) is 12.7. The number of carbonyl (C=O) groups excluding carboxylic acids is 1. The van der Waals surface area contributed by atoms with Crippen LogP contribution in [0.2, 0.25) is 0 Å². The summed E-state index contributed by atoms with van der Waals surface area (Å²) in [4.78, 5) is 16.1. The van der Waals surface area contributed by atoms with Crippen molar-refractivity contribution < 1.29 is 14.3 Å². The Kier molecular flexibility index (Phi) is 3.37. The maximum absolute atomic E-state index is 11.8. The molecule has 0 radical (unpaired) electrons. The lowest BCUT2D eigenvalue weighted by molar-refractivity contribution is 0.0526. The summed E-state index contributed by atoms with van der Waals surface area (Å²) in [6.45, 7) is 2.16. The molecule has 0 amide bonds. The summed E-state index contributed by atoms with van der Waals surface area (Å²) in [7, 11) is 0. The fourth-order valence-corrected chi connectivity index (χ4v) is 2.27. The van der Waals surface area contributed by atoms with E-state index in [1.54, 1.807) is 25.3 Å². The number of rotatable bonds is 2. The van der Waals surface area contributed by atoms with Crippen LogP contribution < -0.4 is 4.74 Å². The van der Waals surface area contributed by atoms with Crippen LogP contribution in [0.25, 0.3) is 0 Å². The van der Waals surface area contributed by atoms with Crippen molar-refractivity contribution in [2.45, 2.75) is 19.8 Å². The van der Waals surface area contributed by atoms with Gasteiger partial charge < -0.3 is 9.47 Å². The minimum Gasteiger partial charge on any atom is -0.462 e. The number of fused-ring (bicyclic) bond motifs is 2. The van der Waals surface area contributed by atoms with E-state index in [9.17, 15) is 4.79 Å². The van der Waals surface area contributed by atoms with Gasteiger partial charge in [-0.25, -0.2) is 4.79 Å². The lowest BCUT2D eigenvalue weighted by Crippen LogP contribution is -2.05. The van der Waals surface area contributed by atoms with Crippen LogP contribution in [-0.2, 0) is 17.6 Å². The largest absolute Gasteiger partial charge is 0.462 e. The SMILES string of the molecule is CCOC(=O)c1ccc2c(c1)Oc1cccnc1CC2. The van der Waals surface area contributed by atoms with Gasteiger partial charge in [0.2, 0.25) is 0 Å². The Morgan fingerprint density at radius 2 is 2.20 bits per heavy atom. The van der Waals surface area contributed by atoms with E-state index in [1.807, 2.05) is 18.2 Å². The zero-order valence-electron chi connectivity index (χ0n) is 11.3. The van der Waals surface area contributed by atoms with Gasteiger partial charge in [-0.15, -0.1) is 0 Å². The van der Waals surface area contributed by atoms with E-state index >= 15 is 0 Å². The molecule has 2 aromatic rings. The lowest BCUT2D eigenvalue weighted by Gasteiger charge is -2.09. The third-order valence-electron chi connectivity index (χ3n) is 3.28. The summed E-state index contributed by atoms with van der Waals surface area (Å²) >= 11 is 0. The molecule has 1 aliphatic heterocycles. The van der Waals surface area contributed by atoms with Gasteiger partial charge in [-0.2, -0.15) is 0 Å². The van der Waals surface area contributed by atoms with E-state index in [4.69, 9.17) is 9.47 Å². The average Bonchev–Trinajstić information content (AvgIpc) is 2.65. The van der Waals surface area contributed by atoms with Gasteiger partial charge in [0, 0.05) is 6.20 Å². The highest BCUT2D eigenvalue weighted by Gasteiger charge is 2.17. The summed E-state index contributed by atoms with van der Waals surface area (Å²) < 4.78 is 10.9. The second-order valence-electron chi connectivity index (χ2n) is 4.59. The smallest absolute Gasteiger partial charge is 0.338 e. The summed E-state index contributed by atoms with van der Waals surface area (Å²) in [5.41, 5.74) is 2.54. The van der Waals surface area contributed by atoms with Gasteiger partial charge >= 0.3 is 5.97 Å². The molecule has 0 atom stereocenters. The Morgan fingerprint density at radius 3 is 3.05 bits per heavy atom. The first-order chi connectivity index (χ1) is 9.78. The van der Waals surface area contributed by atoms with E-state index in [2.05, 4.69) is 4.98 Å². The van der Waals surface area contributed by atoms with Gasteiger partial charge in [0.15, 0.2) is 0 Å². The summed E-state index contributed by atoms with van der Waals surface area (Å²) in [6, 6.07) is 9.19. The molecule has 4 nitrogen and oxygen atoms in total. The van der Waals surface area contributed by atoms with Crippen molar-refractivity contribution >= 4 is 5.97 Å². The zero-order chi connectivity index (χ0) is 13.9. The molecule has 2 heterocycles. The van der Waals surface area contributed by atoms with Crippen molar-refractivity contribution in [3.63, 3.8) is 0 Å². The van der Waals surface area contributed by atoms with Crippen LogP contribution in [0.3, 0.4) is 0 Å². The minimum absolute atomic E-state index is 0.324. The summed E-state index contributed by atoms with van der Waals surface area (Å²) in [6.07, 6.45) is 3.45. The van der Waals surface area contributed by atoms with Crippen LogP contribution in [0.1, 0.15) is 28.5 Å². The second kappa shape index (κ2) is 5.33. The number of ether oxygens (including phenoxy) is 2. The van der Waals surface area contributed by atoms with E-state index in [0.717, 1.165) is 29.8 Å². The summed E-state index contributed by atoms with van der Waals surface area (Å²) in [5.74, 6) is 1.14. The quantitative estimate of drug-likeness (QED) is 0.786. The molecule has 3 rings (SSSR count). The molecule has 1 aromatic carbocycles. The molecule has 0 unspecified atom stereocenters. The van der Waals surface area contributed by atoms with Gasteiger partial charge in [0.25, 0.3) is 0 Å². The number of hydrogen-bond donors (Lipinski definition) is 0. The predicted octanol–water partition coefficient (Wildman–Crippen LogP) is 3.15. The van der Waals surface area contributed by atoms with E-state index in [1.165, 1.54) is 0 Å². The van der Waals surface area contributed by atoms with Crippen LogP contribution in [0.5, 0.6) is 11.5 Å². The van der Waals surface area contributed by atoms with Crippen molar-refractivity contribution in [2.24, 2.45) is 0 Å². The van der Waals surface area contributed by atoms with E-state index < -0.39 is 0 Å². The highest BCUT2D eigenvalue weighted by Crippen LogP contribution is 2.33. The van der Waals surface area contributed by atoms with Gasteiger partial charge in [0.05, 0.1) is 17.9 Å². The number of nitrogens with zero attached hydrogens (tertiary/aromatic N) is 1. The maximum atomic E-state index is 11.8. The Hall–Kier alpha value is -2.36. The van der Waals surface area contributed by atoms with Crippen LogP contribution in [0.15, 0.2) is 36.5 Å². The fourth-order valence-electron chi connectivity index (χ4n) is 2.27. The molecule has 4 heteroatoms. The maximum Gasteiger partial charge on any atom is 0.338 e. The molecular formula is C16H15NO3. The van der Waals surface area contributed by atoms with E-state index in [-0.39, 0.29) is 5.97 Å². The summed E-state index contributed by atoms with van der Waals surface area (Å²) in [5, 5.41) is 0. The van der Waals surface area contributed by atoms with Crippen LogP contribution in [-0.4, -0.2) is 17.6 Å². The zero-order valence-corrected chi connectivity index (χ0v) is 11.3. The van der Waals surface area contributed by atoms with Crippen LogP contribution >= 0.6 is 0 Å². The second-order valence-corrected chi connectivity index (χ2v) is 4.59. The van der Waals surface area contributed by atoms with Crippen molar-refractivity contribution in [2.75, 3.05) is 6.61 Å². The standard InChI is InChI=1S/C16H15NO3/c1-2-19-16(18)12-6-5-11-7-8-13-14(4-3-9-17-13)20-15(11)10-12/h3-6,9-10H,2,7-8H2,1H3. The van der Waals surface area contributed by atoms with Crippen molar-refractivity contribution in [1.82, 2.24) is 4.98 Å². The highest BCUT2D eigenvalue weighted by atomic mass is 16.5. The third kappa shape index (κ3) is 2.37. The third-order valence-corrected chi connectivity index (χ3v) is 3.28. The Bertz CT molecular complexity index is 652. The Balaban J connectivity index is 1.96. The molecule has 0 N–H and O–H groups in total. The fraction of sp³-hybridized carbons (Fsp3) is 0.250. The molecule has 102 valence electrons. The van der Waals surface area contributed by atoms with Crippen molar-refractivity contribution in [3.8, 4) is 11.5 Å². The number of carbonyl (C=O) groups is 1. The van der Waals surface area contributed by atoms with Crippen molar-refractivity contribution in [1.29, 1.82) is 0 Å². The molecule has 0 spiro atoms. The number of esters is 1. The monoisotopic (exact) mass is 269 g/mol. The molecule has 0 bridgehead atoms. The molecular weight excluding hydrogens is 254 g/mol. The number of benzene rings is 1. The molecule has 1 aromatic heterocycles. The minimum atomic E-state index is -0.324. The molecule has 0 aliphatic carbocycles. The van der Waals surface area contributed by atoms with Gasteiger partial charge in [-0.1, -0.05) is 6.07 Å². The first-order valence-electron chi connectivity index (χ1n) is 6.69. The Morgan fingerprint density at radius 1 is 1.30 bits per heavy atom. The normalized spacial score (nSPS) is 12.7. The number of hydrogen-bond acceptors (Lipinski definition) is 4. The van der Waals surface area contributed by atoms with Crippen LogP contribution in [0, 0.1) is 0 Å². The Labute approximate surface area is 117 Å². The average molecular weight is 269 g/mol. The van der Waals surface area contributed by atoms with Gasteiger partial charge in [-0.3, -0.25) is 4.98 Å². The topological polar surface area (TPSA) is 48.4 Å². The van der Waals surface area contributed by atoms with Crippen LogP contribution in [0.4, 0.5) is 0 Å². The molecule has 0 saturated carbocycles. The molecule has 0 saturated heterocycles. The van der Waals surface area contributed by atoms with Gasteiger partial charge in [-0.05, 0) is 49.6 Å². The van der Waals surface area contributed by atoms with E-state index in [0.29, 0.717) is 17.9 Å². The number of aryl methyl sites for hydroxylation is 2. The van der Waals surface area contributed by atoms with Gasteiger partial charge in [0.1, 0.15) is 11.5 Å². The molecule has 1 aliphatic rings. The molecule has 0 fully saturated rings. The highest BCUT2D eigenvalue weighted by molar-refractivity contribution is 5.90. The van der Waals surface area contributed by atoms with Crippen molar-refractivity contribution in [3.05, 3.63) is 53.3 Å². The molecule has 20 heavy (non-hydrogen) atoms.